The van der Waals surface area contributed by atoms with Gasteiger partial charge in [0.1, 0.15) is 6.61 Å². The highest BCUT2D eigenvalue weighted by molar-refractivity contribution is 7.81. The summed E-state index contributed by atoms with van der Waals surface area (Å²) in [4.78, 5) is 13.2. The van der Waals surface area contributed by atoms with Crippen LogP contribution in [0.5, 0.6) is 0 Å². The summed E-state index contributed by atoms with van der Waals surface area (Å²) in [6, 6.07) is 0. The number of carbonyl (C=O) groups is 1. The molecule has 0 aromatic carbocycles. The van der Waals surface area contributed by atoms with Gasteiger partial charge in [0, 0.05) is 0 Å². The highest BCUT2D eigenvalue weighted by Gasteiger charge is 2.25. The van der Waals surface area contributed by atoms with Crippen LogP contribution in [0, 0.1) is 0 Å². The molecule has 0 aliphatic rings. The van der Waals surface area contributed by atoms with Gasteiger partial charge in [0.05, 0.1) is 10.7 Å². The molecule has 0 fully saturated rings. The van der Waals surface area contributed by atoms with Crippen molar-refractivity contribution in [2.24, 2.45) is 0 Å². The molecule has 0 aliphatic carbocycles. The van der Waals surface area contributed by atoms with Crippen molar-refractivity contribution in [2.75, 3.05) is 6.61 Å². The molecule has 1 amide bonds. The van der Waals surface area contributed by atoms with E-state index >= 15 is 0 Å². The molecule has 0 radical (unpaired) electrons. The minimum Gasteiger partial charge on any atom is -0.445 e. The topological polar surface area (TPSA) is 29.5 Å². The monoisotopic (exact) mass is 249 g/mol. The lowest BCUT2D eigenvalue weighted by Gasteiger charge is -2.31. The first kappa shape index (κ1) is 14.7. The summed E-state index contributed by atoms with van der Waals surface area (Å²) < 4.78 is 4.97. The maximum absolute atomic E-state index is 11.7. The molecular formula is C10H19NO2S2. The Balaban J connectivity index is 4.46. The molecule has 0 saturated heterocycles. The van der Waals surface area contributed by atoms with E-state index in [0.29, 0.717) is 0 Å². The molecular weight excluding hydrogens is 230 g/mol. The second kappa shape index (κ2) is 7.93. The third-order valence-electron chi connectivity index (χ3n) is 1.91. The van der Waals surface area contributed by atoms with Crippen LogP contribution >= 0.6 is 25.3 Å². The second-order valence-electron chi connectivity index (χ2n) is 3.05. The predicted octanol–water partition coefficient (Wildman–Crippen LogP) is 2.94. The first-order valence-corrected chi connectivity index (χ1v) is 6.03. The fourth-order valence-electron chi connectivity index (χ4n) is 1.04. The molecule has 88 valence electrons. The number of nitrogens with zero attached hydrogens (tertiary/aromatic N) is 1. The summed E-state index contributed by atoms with van der Waals surface area (Å²) in [5.74, 6) is 0. The van der Waals surface area contributed by atoms with E-state index in [1.165, 1.54) is 11.0 Å². The molecule has 0 N–H and O–H groups in total. The van der Waals surface area contributed by atoms with Crippen molar-refractivity contribution in [2.45, 2.75) is 37.4 Å². The zero-order valence-corrected chi connectivity index (χ0v) is 11.0. The van der Waals surface area contributed by atoms with E-state index in [4.69, 9.17) is 4.74 Å². The number of thiol groups is 2. The summed E-state index contributed by atoms with van der Waals surface area (Å²) in [5, 5.41) is -0.325. The maximum atomic E-state index is 11.7. The zero-order valence-electron chi connectivity index (χ0n) is 9.22. The Labute approximate surface area is 103 Å². The van der Waals surface area contributed by atoms with Gasteiger partial charge in [-0.25, -0.2) is 4.79 Å². The molecule has 0 spiro atoms. The first-order chi connectivity index (χ1) is 7.08. The van der Waals surface area contributed by atoms with Crippen molar-refractivity contribution >= 4 is 31.4 Å². The first-order valence-electron chi connectivity index (χ1n) is 5.00. The van der Waals surface area contributed by atoms with E-state index in [9.17, 15) is 4.79 Å². The van der Waals surface area contributed by atoms with Crippen LogP contribution in [0.2, 0.25) is 0 Å². The standard InChI is InChI=1S/C10H19NO2S2/c1-4-7-13-10(12)11(8(14)5-2)9(15)6-3/h4,8-9,14-15H,1,5-7H2,2-3H3. The molecule has 15 heavy (non-hydrogen) atoms. The predicted molar refractivity (Wildman–Crippen MR) is 69.5 cm³/mol. The molecule has 0 rings (SSSR count). The Bertz CT molecular complexity index is 202. The molecule has 0 aliphatic heterocycles. The number of carbonyl (C=O) groups excluding carboxylic acids is 1. The summed E-state index contributed by atoms with van der Waals surface area (Å²) in [6.07, 6.45) is 2.65. The van der Waals surface area contributed by atoms with Crippen LogP contribution in [-0.4, -0.2) is 28.3 Å². The SMILES string of the molecule is C=CCOC(=O)N(C(S)CC)C(S)CC. The zero-order chi connectivity index (χ0) is 11.8. The van der Waals surface area contributed by atoms with Crippen molar-refractivity contribution in [1.82, 2.24) is 4.90 Å². The summed E-state index contributed by atoms with van der Waals surface area (Å²) in [5.41, 5.74) is 0. The summed E-state index contributed by atoms with van der Waals surface area (Å²) in [6.45, 7) is 7.62. The van der Waals surface area contributed by atoms with Gasteiger partial charge in [-0.05, 0) is 12.8 Å². The third kappa shape index (κ3) is 4.84. The van der Waals surface area contributed by atoms with Gasteiger partial charge in [0.25, 0.3) is 0 Å². The van der Waals surface area contributed by atoms with Gasteiger partial charge in [-0.2, -0.15) is 25.3 Å². The van der Waals surface area contributed by atoms with Crippen molar-refractivity contribution in [3.8, 4) is 0 Å². The average Bonchev–Trinajstić information content (AvgIpc) is 2.25. The van der Waals surface area contributed by atoms with Gasteiger partial charge in [-0.1, -0.05) is 26.5 Å². The Morgan fingerprint density at radius 2 is 1.87 bits per heavy atom. The fourth-order valence-corrected chi connectivity index (χ4v) is 1.66. The molecule has 0 aromatic rings. The lowest BCUT2D eigenvalue weighted by atomic mass is 10.3. The minimum absolute atomic E-state index is 0.162. The molecule has 0 saturated carbocycles. The molecule has 2 unspecified atom stereocenters. The van der Waals surface area contributed by atoms with E-state index in [1.807, 2.05) is 13.8 Å². The molecule has 0 heterocycles. The Morgan fingerprint density at radius 1 is 1.40 bits per heavy atom. The quantitative estimate of drug-likeness (QED) is 0.430. The number of hydrogen-bond acceptors (Lipinski definition) is 4. The number of rotatable bonds is 6. The van der Waals surface area contributed by atoms with Gasteiger partial charge in [-0.3, -0.25) is 4.90 Å². The van der Waals surface area contributed by atoms with E-state index in [-0.39, 0.29) is 17.4 Å². The van der Waals surface area contributed by atoms with Crippen LogP contribution in [0.3, 0.4) is 0 Å². The van der Waals surface area contributed by atoms with Crippen LogP contribution in [0.15, 0.2) is 12.7 Å². The molecule has 0 aromatic heterocycles. The molecule has 3 nitrogen and oxygen atoms in total. The van der Waals surface area contributed by atoms with E-state index in [1.54, 1.807) is 0 Å². The average molecular weight is 249 g/mol. The highest BCUT2D eigenvalue weighted by atomic mass is 32.1. The highest BCUT2D eigenvalue weighted by Crippen LogP contribution is 2.18. The van der Waals surface area contributed by atoms with Gasteiger partial charge in [-0.15, -0.1) is 0 Å². The molecule has 2 atom stereocenters. The van der Waals surface area contributed by atoms with Crippen molar-refractivity contribution < 1.29 is 9.53 Å². The number of amides is 1. The van der Waals surface area contributed by atoms with Crippen LogP contribution in [0.4, 0.5) is 4.79 Å². The van der Waals surface area contributed by atoms with Gasteiger partial charge in [0.15, 0.2) is 0 Å². The smallest absolute Gasteiger partial charge is 0.411 e. The van der Waals surface area contributed by atoms with Gasteiger partial charge >= 0.3 is 6.09 Å². The van der Waals surface area contributed by atoms with E-state index in [2.05, 4.69) is 31.8 Å². The Hall–Kier alpha value is -0.290. The largest absolute Gasteiger partial charge is 0.445 e. The van der Waals surface area contributed by atoms with Crippen LogP contribution in [0.25, 0.3) is 0 Å². The van der Waals surface area contributed by atoms with Crippen molar-refractivity contribution in [1.29, 1.82) is 0 Å². The minimum atomic E-state index is -0.390. The number of hydrogen-bond donors (Lipinski definition) is 2. The van der Waals surface area contributed by atoms with Gasteiger partial charge < -0.3 is 4.74 Å². The lowest BCUT2D eigenvalue weighted by Crippen LogP contribution is -2.42. The second-order valence-corrected chi connectivity index (χ2v) is 4.24. The molecule has 0 bridgehead atoms. The summed E-state index contributed by atoms with van der Waals surface area (Å²) >= 11 is 8.66. The number of ether oxygens (including phenoxy) is 1. The van der Waals surface area contributed by atoms with Gasteiger partial charge in [0.2, 0.25) is 0 Å². The molecule has 5 heteroatoms. The Kier molecular flexibility index (Phi) is 7.78. The van der Waals surface area contributed by atoms with Crippen LogP contribution in [-0.2, 0) is 4.74 Å². The van der Waals surface area contributed by atoms with E-state index < -0.39 is 6.09 Å². The Morgan fingerprint density at radius 3 is 2.20 bits per heavy atom. The summed E-state index contributed by atoms with van der Waals surface area (Å²) in [7, 11) is 0. The van der Waals surface area contributed by atoms with Crippen LogP contribution in [0.1, 0.15) is 26.7 Å². The van der Waals surface area contributed by atoms with Crippen molar-refractivity contribution in [3.05, 3.63) is 12.7 Å². The normalized spacial score (nSPS) is 14.1. The maximum Gasteiger partial charge on any atom is 0.411 e. The fraction of sp³-hybridized carbons (Fsp3) is 0.700. The third-order valence-corrected chi connectivity index (χ3v) is 3.14. The van der Waals surface area contributed by atoms with Crippen molar-refractivity contribution in [3.63, 3.8) is 0 Å². The lowest BCUT2D eigenvalue weighted by molar-refractivity contribution is 0.103. The van der Waals surface area contributed by atoms with Crippen LogP contribution < -0.4 is 0 Å². The van der Waals surface area contributed by atoms with E-state index in [0.717, 1.165) is 12.8 Å².